The molecular weight excluding hydrogens is 217 g/mol. The van der Waals surface area contributed by atoms with E-state index < -0.39 is 17.3 Å². The van der Waals surface area contributed by atoms with Crippen molar-refractivity contribution in [3.8, 4) is 5.75 Å². The molecule has 0 spiro atoms. The quantitative estimate of drug-likeness (QED) is 0.654. The molecule has 0 atom stereocenters. The van der Waals surface area contributed by atoms with E-state index >= 15 is 0 Å². The van der Waals surface area contributed by atoms with Crippen LogP contribution in [0.4, 0.5) is 13.2 Å². The fourth-order valence-corrected chi connectivity index (χ4v) is 1.54. The Morgan fingerprint density at radius 3 is 2.50 bits per heavy atom. The van der Waals surface area contributed by atoms with E-state index in [1.54, 1.807) is 19.9 Å². The molecule has 0 N–H and O–H groups in total. The fourth-order valence-electron chi connectivity index (χ4n) is 1.54. The highest BCUT2D eigenvalue weighted by Crippen LogP contribution is 2.36. The lowest BCUT2D eigenvalue weighted by atomic mass is 10.0. The minimum Gasteiger partial charge on any atom is -0.483 e. The van der Waals surface area contributed by atoms with E-state index in [0.717, 1.165) is 12.1 Å². The van der Waals surface area contributed by atoms with Gasteiger partial charge in [-0.05, 0) is 32.1 Å². The molecule has 0 fully saturated rings. The van der Waals surface area contributed by atoms with Crippen molar-refractivity contribution in [2.45, 2.75) is 25.6 Å². The smallest absolute Gasteiger partial charge is 0.416 e. The summed E-state index contributed by atoms with van der Waals surface area (Å²) < 4.78 is 42.9. The predicted molar refractivity (Wildman–Crippen MR) is 55.2 cm³/mol. The molecule has 1 aliphatic heterocycles. The average molecular weight is 228 g/mol. The summed E-state index contributed by atoms with van der Waals surface area (Å²) in [6.07, 6.45) is -0.731. The zero-order valence-corrected chi connectivity index (χ0v) is 8.93. The van der Waals surface area contributed by atoms with Crippen LogP contribution in [0, 0.1) is 0 Å². The van der Waals surface area contributed by atoms with Crippen LogP contribution >= 0.6 is 0 Å². The molecule has 0 amide bonds. The van der Waals surface area contributed by atoms with Crippen LogP contribution in [0.3, 0.4) is 0 Å². The molecule has 0 unspecified atom stereocenters. The molecule has 0 saturated heterocycles. The number of benzene rings is 1. The van der Waals surface area contributed by atoms with Gasteiger partial charge in [-0.3, -0.25) is 0 Å². The zero-order valence-electron chi connectivity index (χ0n) is 8.93. The normalized spacial score (nSPS) is 17.8. The first kappa shape index (κ1) is 11.0. The fraction of sp³-hybridized carbons (Fsp3) is 0.333. The number of hydrogen-bond donors (Lipinski definition) is 0. The summed E-state index contributed by atoms with van der Waals surface area (Å²) in [6, 6.07) is 3.52. The monoisotopic (exact) mass is 228 g/mol. The summed E-state index contributed by atoms with van der Waals surface area (Å²) in [5, 5.41) is 0. The van der Waals surface area contributed by atoms with Gasteiger partial charge in [0.2, 0.25) is 0 Å². The number of ether oxygens (including phenoxy) is 1. The topological polar surface area (TPSA) is 9.23 Å². The molecule has 1 aliphatic rings. The number of halogens is 3. The molecule has 0 aromatic heterocycles. The molecule has 1 aromatic carbocycles. The third kappa shape index (κ3) is 2.05. The number of fused-ring (bicyclic) bond motifs is 1. The Kier molecular flexibility index (Phi) is 2.26. The lowest BCUT2D eigenvalue weighted by Crippen LogP contribution is -2.27. The molecule has 1 aromatic rings. The highest BCUT2D eigenvalue weighted by molar-refractivity contribution is 5.61. The van der Waals surface area contributed by atoms with Gasteiger partial charge in [0.25, 0.3) is 0 Å². The predicted octanol–water partition coefficient (Wildman–Crippen LogP) is 3.89. The molecule has 2 rings (SSSR count). The number of rotatable bonds is 0. The van der Waals surface area contributed by atoms with Gasteiger partial charge in [0.05, 0.1) is 5.56 Å². The van der Waals surface area contributed by atoms with Crippen LogP contribution < -0.4 is 4.74 Å². The van der Waals surface area contributed by atoms with Crippen molar-refractivity contribution in [1.82, 2.24) is 0 Å². The Morgan fingerprint density at radius 1 is 1.19 bits per heavy atom. The lowest BCUT2D eigenvalue weighted by Gasteiger charge is -2.28. The van der Waals surface area contributed by atoms with Crippen molar-refractivity contribution >= 4 is 6.08 Å². The highest BCUT2D eigenvalue weighted by Gasteiger charge is 2.32. The molecule has 0 radical (unpaired) electrons. The van der Waals surface area contributed by atoms with Crippen molar-refractivity contribution in [3.05, 3.63) is 35.4 Å². The minimum absolute atomic E-state index is 0.280. The van der Waals surface area contributed by atoms with Crippen LogP contribution in [-0.2, 0) is 6.18 Å². The van der Waals surface area contributed by atoms with E-state index in [0.29, 0.717) is 5.56 Å². The van der Waals surface area contributed by atoms with Crippen LogP contribution in [0.5, 0.6) is 5.75 Å². The highest BCUT2D eigenvalue weighted by atomic mass is 19.4. The Labute approximate surface area is 91.5 Å². The Morgan fingerprint density at radius 2 is 1.88 bits per heavy atom. The summed E-state index contributed by atoms with van der Waals surface area (Å²) in [4.78, 5) is 0. The molecule has 0 bridgehead atoms. The number of hydrogen-bond acceptors (Lipinski definition) is 1. The maximum Gasteiger partial charge on any atom is 0.416 e. The van der Waals surface area contributed by atoms with Gasteiger partial charge in [-0.15, -0.1) is 0 Å². The van der Waals surface area contributed by atoms with Crippen molar-refractivity contribution < 1.29 is 17.9 Å². The van der Waals surface area contributed by atoms with Crippen LogP contribution in [0.2, 0.25) is 0 Å². The van der Waals surface area contributed by atoms with Gasteiger partial charge in [0, 0.05) is 5.56 Å². The molecule has 16 heavy (non-hydrogen) atoms. The summed E-state index contributed by atoms with van der Waals surface area (Å²) >= 11 is 0. The van der Waals surface area contributed by atoms with E-state index in [2.05, 4.69) is 0 Å². The zero-order chi connectivity index (χ0) is 12.0. The molecule has 86 valence electrons. The first-order chi connectivity index (χ1) is 7.28. The first-order valence-electron chi connectivity index (χ1n) is 4.87. The third-order valence-electron chi connectivity index (χ3n) is 2.38. The van der Waals surface area contributed by atoms with Crippen LogP contribution in [0.1, 0.15) is 25.0 Å². The Balaban J connectivity index is 2.45. The van der Waals surface area contributed by atoms with E-state index in [-0.39, 0.29) is 5.75 Å². The largest absolute Gasteiger partial charge is 0.483 e. The van der Waals surface area contributed by atoms with E-state index in [9.17, 15) is 13.2 Å². The lowest BCUT2D eigenvalue weighted by molar-refractivity contribution is -0.137. The van der Waals surface area contributed by atoms with Gasteiger partial charge in [0.15, 0.2) is 0 Å². The first-order valence-corrected chi connectivity index (χ1v) is 4.87. The third-order valence-corrected chi connectivity index (χ3v) is 2.38. The molecule has 1 nitrogen and oxygen atoms in total. The number of alkyl halides is 3. The Hall–Kier alpha value is -1.45. The summed E-state index contributed by atoms with van der Waals surface area (Å²) in [6.45, 7) is 3.60. The molecule has 4 heteroatoms. The van der Waals surface area contributed by atoms with Gasteiger partial charge >= 0.3 is 6.18 Å². The van der Waals surface area contributed by atoms with E-state index in [1.807, 2.05) is 6.08 Å². The summed E-state index contributed by atoms with van der Waals surface area (Å²) in [7, 11) is 0. The van der Waals surface area contributed by atoms with Gasteiger partial charge in [-0.1, -0.05) is 12.1 Å². The second kappa shape index (κ2) is 3.27. The van der Waals surface area contributed by atoms with Crippen molar-refractivity contribution in [1.29, 1.82) is 0 Å². The van der Waals surface area contributed by atoms with Gasteiger partial charge in [-0.25, -0.2) is 0 Å². The SMILES string of the molecule is CC1(C)C=Cc2ccc(C(F)(F)F)cc2O1. The van der Waals surface area contributed by atoms with Crippen molar-refractivity contribution in [2.75, 3.05) is 0 Å². The molecule has 1 heterocycles. The van der Waals surface area contributed by atoms with Gasteiger partial charge < -0.3 is 4.74 Å². The minimum atomic E-state index is -4.33. The second-order valence-corrected chi connectivity index (χ2v) is 4.29. The van der Waals surface area contributed by atoms with Crippen molar-refractivity contribution in [3.63, 3.8) is 0 Å². The van der Waals surface area contributed by atoms with Gasteiger partial charge in [0.1, 0.15) is 11.4 Å². The maximum atomic E-state index is 12.5. The summed E-state index contributed by atoms with van der Waals surface area (Å²) in [5.41, 5.74) is -0.568. The second-order valence-electron chi connectivity index (χ2n) is 4.29. The van der Waals surface area contributed by atoms with E-state index in [1.165, 1.54) is 6.07 Å². The van der Waals surface area contributed by atoms with Crippen molar-refractivity contribution in [2.24, 2.45) is 0 Å². The van der Waals surface area contributed by atoms with Gasteiger partial charge in [-0.2, -0.15) is 13.2 Å². The van der Waals surface area contributed by atoms with E-state index in [4.69, 9.17) is 4.74 Å². The molecule has 0 aliphatic carbocycles. The van der Waals surface area contributed by atoms with Crippen LogP contribution in [0.15, 0.2) is 24.3 Å². The molecule has 0 saturated carbocycles. The average Bonchev–Trinajstić information content (AvgIpc) is 2.13. The van der Waals surface area contributed by atoms with Crippen LogP contribution in [0.25, 0.3) is 6.08 Å². The standard InChI is InChI=1S/C12H11F3O/c1-11(2)6-5-8-3-4-9(12(13,14)15)7-10(8)16-11/h3-7H,1-2H3. The maximum absolute atomic E-state index is 12.5. The Bertz CT molecular complexity index is 444. The van der Waals surface area contributed by atoms with Crippen LogP contribution in [-0.4, -0.2) is 5.60 Å². The summed E-state index contributed by atoms with van der Waals surface area (Å²) in [5.74, 6) is 0.280. The molecular formula is C12H11F3O.